The van der Waals surface area contributed by atoms with Gasteiger partial charge >= 0.3 is 0 Å². The number of carbonyl (C=O) groups excluding carboxylic acids is 1. The molecule has 0 radical (unpaired) electrons. The van der Waals surface area contributed by atoms with Gasteiger partial charge in [-0.15, -0.1) is 0 Å². The van der Waals surface area contributed by atoms with Crippen molar-refractivity contribution in [2.75, 3.05) is 19.5 Å². The van der Waals surface area contributed by atoms with Crippen LogP contribution in [0.2, 0.25) is 0 Å². The topological polar surface area (TPSA) is 100 Å². The molecule has 0 N–H and O–H groups in total. The predicted octanol–water partition coefficient (Wildman–Crippen LogP) is 2.52. The van der Waals surface area contributed by atoms with Gasteiger partial charge in [-0.2, -0.15) is 5.10 Å². The van der Waals surface area contributed by atoms with Crippen molar-refractivity contribution in [3.63, 3.8) is 0 Å². The van der Waals surface area contributed by atoms with Crippen LogP contribution in [0, 0.1) is 0 Å². The molecule has 9 heteroatoms. The number of nitrogens with zero attached hydrogens (tertiary/aromatic N) is 3. The van der Waals surface area contributed by atoms with Crippen LogP contribution in [-0.4, -0.2) is 54.5 Å². The second-order valence-corrected chi connectivity index (χ2v) is 10.2. The highest BCUT2D eigenvalue weighted by molar-refractivity contribution is 7.92. The molecule has 0 saturated carbocycles. The maximum absolute atomic E-state index is 13.0. The lowest BCUT2D eigenvalue weighted by Crippen LogP contribution is -2.32. The second-order valence-electron chi connectivity index (χ2n) is 8.25. The number of pyridine rings is 1. The number of carbonyl (C=O) groups is 1. The molecule has 8 nitrogen and oxygen atoms in total. The van der Waals surface area contributed by atoms with E-state index in [-0.39, 0.29) is 47.5 Å². The summed E-state index contributed by atoms with van der Waals surface area (Å²) in [6.45, 7) is 8.80. The summed E-state index contributed by atoms with van der Waals surface area (Å²) in [5, 5.41) is 4.10. The molecule has 0 spiro atoms. The standard InChI is InChI=1S/C21H29N3O5S/c1-13(2)18-7-22-8-19(14(3)4)17(18)6-15(25)12-30(26,27)20-9-23-24-10-16(28-5)11-29-21(20)24/h7-9,13-14,16H,6,10-12H2,1-5H3. The first-order chi connectivity index (χ1) is 14.1. The third-order valence-electron chi connectivity index (χ3n) is 5.30. The summed E-state index contributed by atoms with van der Waals surface area (Å²) >= 11 is 0. The van der Waals surface area contributed by atoms with E-state index < -0.39 is 15.6 Å². The van der Waals surface area contributed by atoms with Gasteiger partial charge in [0.2, 0.25) is 5.88 Å². The monoisotopic (exact) mass is 435 g/mol. The number of fused-ring (bicyclic) bond motifs is 1. The fraction of sp³-hybridized carbons (Fsp3) is 0.571. The van der Waals surface area contributed by atoms with E-state index in [2.05, 4.69) is 10.1 Å². The van der Waals surface area contributed by atoms with Crippen molar-refractivity contribution in [2.24, 2.45) is 0 Å². The zero-order valence-corrected chi connectivity index (χ0v) is 18.9. The van der Waals surface area contributed by atoms with Gasteiger partial charge in [-0.3, -0.25) is 9.78 Å². The third kappa shape index (κ3) is 4.57. The molecular formula is C21H29N3O5S. The first-order valence-corrected chi connectivity index (χ1v) is 11.7. The molecule has 1 aliphatic rings. The van der Waals surface area contributed by atoms with Gasteiger partial charge in [0.1, 0.15) is 23.4 Å². The van der Waals surface area contributed by atoms with E-state index in [0.29, 0.717) is 6.54 Å². The molecule has 3 heterocycles. The number of Topliss-reactive ketones (excluding diaryl/α,β-unsaturated/α-hetero) is 1. The normalized spacial score (nSPS) is 16.6. The number of sulfone groups is 1. The Bertz CT molecular complexity index is 1000. The fourth-order valence-corrected chi connectivity index (χ4v) is 4.98. The first kappa shape index (κ1) is 22.4. The van der Waals surface area contributed by atoms with Crippen molar-refractivity contribution in [2.45, 2.75) is 63.5 Å². The number of rotatable bonds is 8. The number of hydrogen-bond donors (Lipinski definition) is 0. The summed E-state index contributed by atoms with van der Waals surface area (Å²) in [5.41, 5.74) is 2.83. The number of ether oxygens (including phenoxy) is 2. The highest BCUT2D eigenvalue weighted by Gasteiger charge is 2.31. The van der Waals surface area contributed by atoms with Crippen molar-refractivity contribution in [1.29, 1.82) is 0 Å². The van der Waals surface area contributed by atoms with Crippen molar-refractivity contribution in [3.05, 3.63) is 35.3 Å². The Labute approximate surface area is 177 Å². The fourth-order valence-electron chi connectivity index (χ4n) is 3.66. The summed E-state index contributed by atoms with van der Waals surface area (Å²) in [5.74, 6) is -0.428. The SMILES string of the molecule is COC1COc2c(S(=O)(=O)CC(=O)Cc3c(C(C)C)cncc3C(C)C)cnn2C1. The average molecular weight is 436 g/mol. The van der Waals surface area contributed by atoms with Crippen LogP contribution < -0.4 is 4.74 Å². The van der Waals surface area contributed by atoms with Gasteiger partial charge in [0, 0.05) is 25.9 Å². The van der Waals surface area contributed by atoms with Gasteiger partial charge in [0.25, 0.3) is 0 Å². The summed E-state index contributed by atoms with van der Waals surface area (Å²) in [6.07, 6.45) is 4.65. The zero-order valence-electron chi connectivity index (χ0n) is 18.1. The molecule has 0 bridgehead atoms. The minimum absolute atomic E-state index is 0.0479. The first-order valence-electron chi connectivity index (χ1n) is 10.1. The Kier molecular flexibility index (Phi) is 6.62. The average Bonchev–Trinajstić information content (AvgIpc) is 3.11. The lowest BCUT2D eigenvalue weighted by atomic mass is 9.88. The molecule has 2 aromatic heterocycles. The van der Waals surface area contributed by atoms with Crippen molar-refractivity contribution >= 4 is 15.6 Å². The molecule has 1 aliphatic heterocycles. The van der Waals surface area contributed by atoms with Gasteiger partial charge in [0.15, 0.2) is 15.6 Å². The molecule has 30 heavy (non-hydrogen) atoms. The van der Waals surface area contributed by atoms with Gasteiger partial charge < -0.3 is 9.47 Å². The lowest BCUT2D eigenvalue weighted by molar-refractivity contribution is -0.116. The molecule has 0 amide bonds. The maximum atomic E-state index is 13.0. The Morgan fingerprint density at radius 3 is 2.40 bits per heavy atom. The third-order valence-corrected chi connectivity index (χ3v) is 6.96. The van der Waals surface area contributed by atoms with Crippen molar-refractivity contribution in [3.8, 4) is 5.88 Å². The van der Waals surface area contributed by atoms with Crippen LogP contribution in [0.15, 0.2) is 23.5 Å². The molecule has 2 aromatic rings. The molecule has 1 atom stereocenters. The number of aromatic nitrogens is 3. The smallest absolute Gasteiger partial charge is 0.231 e. The van der Waals surface area contributed by atoms with Crippen molar-refractivity contribution < 1.29 is 22.7 Å². The second kappa shape index (κ2) is 8.85. The number of methoxy groups -OCH3 is 1. The highest BCUT2D eigenvalue weighted by atomic mass is 32.2. The van der Waals surface area contributed by atoms with Crippen LogP contribution in [0.25, 0.3) is 0 Å². The predicted molar refractivity (Wildman–Crippen MR) is 112 cm³/mol. The molecule has 0 fully saturated rings. The van der Waals surface area contributed by atoms with Gasteiger partial charge in [-0.1, -0.05) is 27.7 Å². The van der Waals surface area contributed by atoms with E-state index in [4.69, 9.17) is 9.47 Å². The van der Waals surface area contributed by atoms with Gasteiger partial charge in [-0.25, -0.2) is 13.1 Å². The zero-order chi connectivity index (χ0) is 22.1. The maximum Gasteiger partial charge on any atom is 0.231 e. The highest BCUT2D eigenvalue weighted by Crippen LogP contribution is 2.30. The van der Waals surface area contributed by atoms with Crippen molar-refractivity contribution in [1.82, 2.24) is 14.8 Å². The van der Waals surface area contributed by atoms with Crippen LogP contribution in [0.5, 0.6) is 5.88 Å². The minimum Gasteiger partial charge on any atom is -0.474 e. The van der Waals surface area contributed by atoms with E-state index in [1.807, 2.05) is 27.7 Å². The molecule has 0 aromatic carbocycles. The summed E-state index contributed by atoms with van der Waals surface area (Å²) in [6, 6.07) is 0. The van der Waals surface area contributed by atoms with E-state index in [9.17, 15) is 13.2 Å². The Balaban J connectivity index is 1.83. The molecule has 0 saturated heterocycles. The number of ketones is 1. The summed E-state index contributed by atoms with van der Waals surface area (Å²) < 4.78 is 38.2. The Morgan fingerprint density at radius 2 is 1.83 bits per heavy atom. The molecular weight excluding hydrogens is 406 g/mol. The minimum atomic E-state index is -3.88. The van der Waals surface area contributed by atoms with Crippen LogP contribution in [0.3, 0.4) is 0 Å². The number of hydrogen-bond acceptors (Lipinski definition) is 7. The van der Waals surface area contributed by atoms with E-state index in [1.165, 1.54) is 10.9 Å². The van der Waals surface area contributed by atoms with Gasteiger partial charge in [-0.05, 0) is 28.5 Å². The summed E-state index contributed by atoms with van der Waals surface area (Å²) in [7, 11) is -2.32. The molecule has 0 aliphatic carbocycles. The van der Waals surface area contributed by atoms with E-state index in [1.54, 1.807) is 19.5 Å². The van der Waals surface area contributed by atoms with Crippen LogP contribution in [0.1, 0.15) is 56.2 Å². The molecule has 164 valence electrons. The van der Waals surface area contributed by atoms with Crippen LogP contribution >= 0.6 is 0 Å². The van der Waals surface area contributed by atoms with E-state index >= 15 is 0 Å². The Morgan fingerprint density at radius 1 is 1.20 bits per heavy atom. The largest absolute Gasteiger partial charge is 0.474 e. The van der Waals surface area contributed by atoms with Gasteiger partial charge in [0.05, 0.1) is 12.7 Å². The summed E-state index contributed by atoms with van der Waals surface area (Å²) in [4.78, 5) is 17.1. The molecule has 3 rings (SSSR count). The quantitative estimate of drug-likeness (QED) is 0.628. The van der Waals surface area contributed by atoms with Crippen LogP contribution in [0.4, 0.5) is 0 Å². The van der Waals surface area contributed by atoms with Crippen LogP contribution in [-0.2, 0) is 32.3 Å². The van der Waals surface area contributed by atoms with E-state index in [0.717, 1.165) is 16.7 Å². The lowest BCUT2D eigenvalue weighted by Gasteiger charge is -2.23. The molecule has 1 unspecified atom stereocenters. The Hall–Kier alpha value is -2.26.